The lowest BCUT2D eigenvalue weighted by Crippen LogP contribution is -2.42. The van der Waals surface area contributed by atoms with E-state index in [1.807, 2.05) is 13.8 Å². The van der Waals surface area contributed by atoms with Crippen LogP contribution in [0.2, 0.25) is 0 Å². The Morgan fingerprint density at radius 3 is 2.68 bits per heavy atom. The van der Waals surface area contributed by atoms with Crippen molar-refractivity contribution in [1.29, 1.82) is 0 Å². The summed E-state index contributed by atoms with van der Waals surface area (Å²) in [6.45, 7) is 3.75. The number of hydrogen-bond donors (Lipinski definition) is 2. The van der Waals surface area contributed by atoms with Gasteiger partial charge in [-0.05, 0) is 40.1 Å². The second-order valence-corrected chi connectivity index (χ2v) is 5.52. The second-order valence-electron chi connectivity index (χ2n) is 4.73. The molecule has 0 spiro atoms. The first kappa shape index (κ1) is 18.0. The maximum absolute atomic E-state index is 11.4. The fourth-order valence-electron chi connectivity index (χ4n) is 1.26. The van der Waals surface area contributed by atoms with Crippen LogP contribution in [-0.2, 0) is 14.3 Å². The Kier molecular flexibility index (Phi) is 7.38. The van der Waals surface area contributed by atoms with Crippen molar-refractivity contribution in [3.05, 3.63) is 28.6 Å². The van der Waals surface area contributed by atoms with Gasteiger partial charge in [-0.15, -0.1) is 0 Å². The molecular weight excluding hydrogens is 356 g/mol. The Labute approximate surface area is 136 Å². The van der Waals surface area contributed by atoms with Gasteiger partial charge in [0.05, 0.1) is 0 Å². The van der Waals surface area contributed by atoms with Crippen LogP contribution in [0, 0.1) is 5.92 Å². The standard InChI is InChI=1S/C14H17BrN2O5/c1-9(2)7-16-14(20)17-12(18)8-21-13(19)6-4-10-3-5-11(15)22-10/h3-6,9H,7-8H2,1-2H3,(H2,16,17,18,20)/b6-4+. The smallest absolute Gasteiger partial charge is 0.331 e. The van der Waals surface area contributed by atoms with Crippen molar-refractivity contribution in [2.75, 3.05) is 13.2 Å². The highest BCUT2D eigenvalue weighted by molar-refractivity contribution is 9.10. The predicted molar refractivity (Wildman–Crippen MR) is 82.8 cm³/mol. The lowest BCUT2D eigenvalue weighted by Gasteiger charge is -2.08. The van der Waals surface area contributed by atoms with Gasteiger partial charge in [-0.3, -0.25) is 10.1 Å². The number of rotatable bonds is 6. The van der Waals surface area contributed by atoms with E-state index >= 15 is 0 Å². The van der Waals surface area contributed by atoms with E-state index < -0.39 is 24.5 Å². The van der Waals surface area contributed by atoms with Crippen molar-refractivity contribution < 1.29 is 23.5 Å². The molecule has 8 heteroatoms. The van der Waals surface area contributed by atoms with E-state index in [4.69, 9.17) is 4.42 Å². The van der Waals surface area contributed by atoms with Gasteiger partial charge in [0, 0.05) is 12.6 Å². The third-order valence-electron chi connectivity index (χ3n) is 2.25. The summed E-state index contributed by atoms with van der Waals surface area (Å²) in [6.07, 6.45) is 2.53. The molecule has 1 aromatic heterocycles. The minimum atomic E-state index is -0.717. The van der Waals surface area contributed by atoms with E-state index in [1.54, 1.807) is 12.1 Å². The van der Waals surface area contributed by atoms with E-state index in [2.05, 4.69) is 31.3 Å². The Hall–Kier alpha value is -2.09. The van der Waals surface area contributed by atoms with Gasteiger partial charge in [0.15, 0.2) is 11.3 Å². The molecule has 2 N–H and O–H groups in total. The summed E-state index contributed by atoms with van der Waals surface area (Å²) in [6, 6.07) is 2.71. The Balaban J connectivity index is 2.27. The average Bonchev–Trinajstić information content (AvgIpc) is 2.86. The summed E-state index contributed by atoms with van der Waals surface area (Å²) in [5, 5.41) is 4.56. The number of imide groups is 1. The molecule has 0 aliphatic heterocycles. The zero-order chi connectivity index (χ0) is 16.5. The summed E-state index contributed by atoms with van der Waals surface area (Å²) >= 11 is 3.13. The van der Waals surface area contributed by atoms with Crippen LogP contribution in [0.15, 0.2) is 27.3 Å². The number of esters is 1. The van der Waals surface area contributed by atoms with E-state index in [-0.39, 0.29) is 5.92 Å². The Bertz CT molecular complexity index is 565. The van der Waals surface area contributed by atoms with E-state index in [0.717, 1.165) is 6.08 Å². The molecule has 7 nitrogen and oxygen atoms in total. The molecule has 0 radical (unpaired) electrons. The number of carbonyl (C=O) groups excluding carboxylic acids is 3. The number of amides is 3. The average molecular weight is 373 g/mol. The SMILES string of the molecule is CC(C)CNC(=O)NC(=O)COC(=O)/C=C/c1ccc(Br)o1. The van der Waals surface area contributed by atoms with Crippen LogP contribution < -0.4 is 10.6 Å². The first-order chi connectivity index (χ1) is 10.4. The molecule has 0 bridgehead atoms. The molecular formula is C14H17BrN2O5. The summed E-state index contributed by atoms with van der Waals surface area (Å²) in [7, 11) is 0. The molecule has 120 valence electrons. The number of ether oxygens (including phenoxy) is 1. The van der Waals surface area contributed by atoms with Crippen LogP contribution in [0.5, 0.6) is 0 Å². The van der Waals surface area contributed by atoms with Crippen molar-refractivity contribution in [3.63, 3.8) is 0 Å². The number of nitrogens with one attached hydrogen (secondary N) is 2. The summed E-state index contributed by atoms with van der Waals surface area (Å²) in [5.74, 6) is -0.694. The monoisotopic (exact) mass is 372 g/mol. The highest BCUT2D eigenvalue weighted by Gasteiger charge is 2.09. The topological polar surface area (TPSA) is 97.6 Å². The fraction of sp³-hybridized carbons (Fsp3) is 0.357. The molecule has 0 atom stereocenters. The summed E-state index contributed by atoms with van der Waals surface area (Å²) < 4.78 is 10.4. The van der Waals surface area contributed by atoms with Crippen LogP contribution in [-0.4, -0.2) is 31.1 Å². The second kappa shape index (κ2) is 9.04. The lowest BCUT2D eigenvalue weighted by atomic mass is 10.2. The third kappa shape index (κ3) is 7.63. The molecule has 0 saturated heterocycles. The van der Waals surface area contributed by atoms with Crippen molar-refractivity contribution in [2.45, 2.75) is 13.8 Å². The van der Waals surface area contributed by atoms with E-state index in [1.165, 1.54) is 6.08 Å². The van der Waals surface area contributed by atoms with Crippen LogP contribution in [0.4, 0.5) is 4.79 Å². The maximum Gasteiger partial charge on any atom is 0.331 e. The quantitative estimate of drug-likeness (QED) is 0.588. The summed E-state index contributed by atoms with van der Waals surface area (Å²) in [5.41, 5.74) is 0. The third-order valence-corrected chi connectivity index (χ3v) is 2.67. The number of furan rings is 1. The molecule has 1 rings (SSSR count). The highest BCUT2D eigenvalue weighted by Crippen LogP contribution is 2.14. The molecule has 0 aliphatic carbocycles. The minimum absolute atomic E-state index is 0.269. The van der Waals surface area contributed by atoms with Gasteiger partial charge in [-0.2, -0.15) is 0 Å². The molecule has 1 heterocycles. The number of urea groups is 1. The van der Waals surface area contributed by atoms with Gasteiger partial charge in [0.2, 0.25) is 0 Å². The molecule has 0 fully saturated rings. The van der Waals surface area contributed by atoms with Crippen LogP contribution >= 0.6 is 15.9 Å². The van der Waals surface area contributed by atoms with Crippen LogP contribution in [0.1, 0.15) is 19.6 Å². The van der Waals surface area contributed by atoms with Crippen molar-refractivity contribution in [3.8, 4) is 0 Å². The lowest BCUT2D eigenvalue weighted by molar-refractivity contribution is -0.143. The Morgan fingerprint density at radius 1 is 1.36 bits per heavy atom. The minimum Gasteiger partial charge on any atom is -0.452 e. The number of hydrogen-bond acceptors (Lipinski definition) is 5. The van der Waals surface area contributed by atoms with Crippen molar-refractivity contribution in [1.82, 2.24) is 10.6 Å². The fourth-order valence-corrected chi connectivity index (χ4v) is 1.58. The van der Waals surface area contributed by atoms with Crippen molar-refractivity contribution in [2.24, 2.45) is 5.92 Å². The highest BCUT2D eigenvalue weighted by atomic mass is 79.9. The molecule has 0 aliphatic rings. The molecule has 0 aromatic carbocycles. The summed E-state index contributed by atoms with van der Waals surface area (Å²) in [4.78, 5) is 34.1. The van der Waals surface area contributed by atoms with Gasteiger partial charge >= 0.3 is 12.0 Å². The number of carbonyl (C=O) groups is 3. The van der Waals surface area contributed by atoms with E-state index in [9.17, 15) is 14.4 Å². The first-order valence-electron chi connectivity index (χ1n) is 6.54. The predicted octanol–water partition coefficient (Wildman–Crippen LogP) is 2.08. The van der Waals surface area contributed by atoms with Gasteiger partial charge < -0.3 is 14.5 Å². The van der Waals surface area contributed by atoms with Gasteiger partial charge in [-0.1, -0.05) is 13.8 Å². The Morgan fingerprint density at radius 2 is 2.09 bits per heavy atom. The molecule has 1 aromatic rings. The van der Waals surface area contributed by atoms with Gasteiger partial charge in [-0.25, -0.2) is 9.59 Å². The van der Waals surface area contributed by atoms with Gasteiger partial charge in [0.25, 0.3) is 5.91 Å². The zero-order valence-corrected chi connectivity index (χ0v) is 13.8. The maximum atomic E-state index is 11.4. The molecule has 22 heavy (non-hydrogen) atoms. The van der Waals surface area contributed by atoms with Gasteiger partial charge in [0.1, 0.15) is 5.76 Å². The molecule has 0 unspecified atom stereocenters. The molecule has 3 amide bonds. The van der Waals surface area contributed by atoms with E-state index in [0.29, 0.717) is 17.0 Å². The number of halogens is 1. The van der Waals surface area contributed by atoms with Crippen molar-refractivity contribution >= 4 is 39.9 Å². The normalized spacial score (nSPS) is 10.7. The largest absolute Gasteiger partial charge is 0.452 e. The first-order valence-corrected chi connectivity index (χ1v) is 7.34. The van der Waals surface area contributed by atoms with Crippen LogP contribution in [0.25, 0.3) is 6.08 Å². The zero-order valence-electron chi connectivity index (χ0n) is 12.2. The van der Waals surface area contributed by atoms with Crippen LogP contribution in [0.3, 0.4) is 0 Å². The molecule has 0 saturated carbocycles.